The number of fused-ring (bicyclic) bond motifs is 13. The lowest BCUT2D eigenvalue weighted by Gasteiger charge is -2.51. The number of thiophene rings is 1. The third-order valence-corrected chi connectivity index (χ3v) is 18.3. The van der Waals surface area contributed by atoms with Crippen molar-refractivity contribution in [2.24, 2.45) is 0 Å². The molecule has 5 heterocycles. The van der Waals surface area contributed by atoms with E-state index >= 15 is 0 Å². The number of aryl methyl sites for hydroxylation is 3. The Labute approximate surface area is 409 Å². The first-order chi connectivity index (χ1) is 33.3. The third-order valence-electron chi connectivity index (χ3n) is 17.1. The van der Waals surface area contributed by atoms with Crippen LogP contribution in [0.15, 0.2) is 150 Å². The quantitative estimate of drug-likeness (QED) is 0.165. The van der Waals surface area contributed by atoms with Crippen LogP contribution in [0.2, 0.25) is 0 Å². The molecule has 10 aromatic rings. The van der Waals surface area contributed by atoms with E-state index in [0.29, 0.717) is 0 Å². The summed E-state index contributed by atoms with van der Waals surface area (Å²) in [6.45, 7) is 19.1. The van der Waals surface area contributed by atoms with Crippen LogP contribution in [0.5, 0.6) is 0 Å². The van der Waals surface area contributed by atoms with E-state index in [-0.39, 0.29) is 23.1 Å². The average Bonchev–Trinajstić information content (AvgIpc) is 3.97. The topological polar surface area (TPSA) is 22.9 Å². The fourth-order valence-corrected chi connectivity index (χ4v) is 15.0. The van der Waals surface area contributed by atoms with Gasteiger partial charge in [0.15, 0.2) is 5.58 Å². The molecule has 2 atom stereocenters. The summed E-state index contributed by atoms with van der Waals surface area (Å²) in [5.74, 6) is 0. The summed E-state index contributed by atoms with van der Waals surface area (Å²) in [6, 6.07) is 55.8. The molecule has 14 rings (SSSR count). The first-order valence-electron chi connectivity index (χ1n) is 25.1. The van der Waals surface area contributed by atoms with Crippen molar-refractivity contribution in [3.63, 3.8) is 0 Å². The SMILES string of the molecule is Cc1cc2c3c(c1)N(c1cccc4c1sc1ccccc14)c1cc(C(C)(C)C)ccc1B3c1ccc(N3c4cc(C)cc(C)c4C4(C)CCCCC34C)cc1N2c1cccc2c1oc1ccccc12. The lowest BCUT2D eigenvalue weighted by atomic mass is 9.33. The Kier molecular flexibility index (Phi) is 8.47. The first kappa shape index (κ1) is 41.2. The summed E-state index contributed by atoms with van der Waals surface area (Å²) in [5.41, 5.74) is 22.3. The highest BCUT2D eigenvalue weighted by Crippen LogP contribution is 2.62. The Bertz CT molecular complexity index is 3850. The van der Waals surface area contributed by atoms with Crippen LogP contribution >= 0.6 is 11.3 Å². The molecule has 1 saturated carbocycles. The molecule has 338 valence electrons. The summed E-state index contributed by atoms with van der Waals surface area (Å²) in [6.07, 6.45) is 4.83. The molecular formula is C63H56BN3OS. The number of para-hydroxylation sites is 2. The molecule has 8 aromatic carbocycles. The zero-order valence-electron chi connectivity index (χ0n) is 40.9. The molecule has 1 fully saturated rings. The van der Waals surface area contributed by atoms with Gasteiger partial charge in [0.2, 0.25) is 0 Å². The number of anilines is 8. The van der Waals surface area contributed by atoms with Gasteiger partial charge in [-0.1, -0.05) is 125 Å². The largest absolute Gasteiger partial charge is 0.454 e. The Morgan fingerprint density at radius 3 is 2.00 bits per heavy atom. The minimum Gasteiger partial charge on any atom is -0.454 e. The number of rotatable bonds is 3. The van der Waals surface area contributed by atoms with Crippen LogP contribution < -0.4 is 31.1 Å². The maximum Gasteiger partial charge on any atom is 0.252 e. The highest BCUT2D eigenvalue weighted by Gasteiger charge is 2.58. The van der Waals surface area contributed by atoms with Gasteiger partial charge in [-0.2, -0.15) is 0 Å². The van der Waals surface area contributed by atoms with Crippen molar-refractivity contribution in [1.29, 1.82) is 0 Å². The Morgan fingerprint density at radius 2 is 1.20 bits per heavy atom. The molecule has 4 aliphatic rings. The van der Waals surface area contributed by atoms with E-state index in [1.807, 2.05) is 11.3 Å². The third kappa shape index (κ3) is 5.53. The van der Waals surface area contributed by atoms with Crippen molar-refractivity contribution in [1.82, 2.24) is 0 Å². The Morgan fingerprint density at radius 1 is 0.565 bits per heavy atom. The molecule has 69 heavy (non-hydrogen) atoms. The van der Waals surface area contributed by atoms with Gasteiger partial charge in [-0.15, -0.1) is 11.3 Å². The summed E-state index contributed by atoms with van der Waals surface area (Å²) in [4.78, 5) is 7.98. The zero-order valence-corrected chi connectivity index (χ0v) is 41.7. The van der Waals surface area contributed by atoms with Crippen molar-refractivity contribution in [3.05, 3.63) is 173 Å². The van der Waals surface area contributed by atoms with Crippen LogP contribution in [0.4, 0.5) is 45.5 Å². The van der Waals surface area contributed by atoms with Crippen LogP contribution in [0.25, 0.3) is 42.1 Å². The van der Waals surface area contributed by atoms with Crippen LogP contribution in [0.3, 0.4) is 0 Å². The molecule has 0 N–H and O–H groups in total. The summed E-state index contributed by atoms with van der Waals surface area (Å²) in [7, 11) is 0. The number of hydrogen-bond donors (Lipinski definition) is 0. The molecule has 0 amide bonds. The summed E-state index contributed by atoms with van der Waals surface area (Å²) < 4.78 is 9.63. The van der Waals surface area contributed by atoms with E-state index < -0.39 is 0 Å². The molecule has 0 spiro atoms. The second-order valence-electron chi connectivity index (χ2n) is 22.2. The van der Waals surface area contributed by atoms with Gasteiger partial charge in [0, 0.05) is 65.8 Å². The van der Waals surface area contributed by atoms with Gasteiger partial charge in [-0.25, -0.2) is 0 Å². The highest BCUT2D eigenvalue weighted by atomic mass is 32.1. The second kappa shape index (κ2) is 14.2. The lowest BCUT2D eigenvalue weighted by molar-refractivity contribution is 0.194. The average molecular weight is 914 g/mol. The van der Waals surface area contributed by atoms with Crippen LogP contribution in [0.1, 0.15) is 88.1 Å². The molecule has 3 aliphatic heterocycles. The minimum absolute atomic E-state index is 0.0152. The number of hydrogen-bond acceptors (Lipinski definition) is 5. The van der Waals surface area contributed by atoms with Crippen molar-refractivity contribution in [2.75, 3.05) is 14.7 Å². The molecule has 2 unspecified atom stereocenters. The molecule has 0 saturated heterocycles. The van der Waals surface area contributed by atoms with Gasteiger partial charge < -0.3 is 19.1 Å². The standard InChI is InChI=1S/C63H56BN3OS/c1-37-31-39(3)57-52(32-37)67(63(8)30-14-13-29-62(57,63)7)41-26-28-47-51(36-41)65(48-21-15-19-44-42-17-9-11-23-55(42)68-59(44)48)53-33-38(2)34-54-58(53)64(47)46-27-25-40(61(4,5)6)35-50(46)66(54)49-22-16-20-45-43-18-10-12-24-56(43)69-60(45)49/h9-12,15-28,31-36H,13-14,29-30H2,1-8H3. The smallest absolute Gasteiger partial charge is 0.252 e. The van der Waals surface area contributed by atoms with E-state index in [2.05, 4.69) is 216 Å². The number of nitrogens with zero attached hydrogens (tertiary/aromatic N) is 3. The van der Waals surface area contributed by atoms with Crippen LogP contribution in [-0.2, 0) is 10.8 Å². The molecule has 0 bridgehead atoms. The molecular weight excluding hydrogens is 858 g/mol. The number of furan rings is 1. The molecule has 6 heteroatoms. The van der Waals surface area contributed by atoms with Gasteiger partial charge >= 0.3 is 0 Å². The van der Waals surface area contributed by atoms with E-state index in [9.17, 15) is 0 Å². The maximum absolute atomic E-state index is 7.00. The van der Waals surface area contributed by atoms with Crippen molar-refractivity contribution >= 4 is 122 Å². The maximum atomic E-state index is 7.00. The fourth-order valence-electron chi connectivity index (χ4n) is 13.8. The molecule has 4 nitrogen and oxygen atoms in total. The van der Waals surface area contributed by atoms with Crippen molar-refractivity contribution in [3.8, 4) is 0 Å². The number of benzene rings is 8. The van der Waals surface area contributed by atoms with Gasteiger partial charge in [-0.3, -0.25) is 0 Å². The van der Waals surface area contributed by atoms with E-state index in [4.69, 9.17) is 4.42 Å². The zero-order chi connectivity index (χ0) is 46.9. The Hall–Kier alpha value is -6.76. The summed E-state index contributed by atoms with van der Waals surface area (Å²) >= 11 is 1.91. The van der Waals surface area contributed by atoms with E-state index in [1.165, 1.54) is 123 Å². The van der Waals surface area contributed by atoms with Gasteiger partial charge in [0.25, 0.3) is 6.71 Å². The fraction of sp³-hybridized carbons (Fsp3) is 0.238. The first-order valence-corrected chi connectivity index (χ1v) is 25.9. The predicted molar refractivity (Wildman–Crippen MR) is 296 cm³/mol. The lowest BCUT2D eigenvalue weighted by Crippen LogP contribution is -2.61. The normalized spacial score (nSPS) is 19.4. The van der Waals surface area contributed by atoms with E-state index in [1.54, 1.807) is 0 Å². The molecule has 2 aromatic heterocycles. The van der Waals surface area contributed by atoms with Crippen molar-refractivity contribution < 1.29 is 4.42 Å². The summed E-state index contributed by atoms with van der Waals surface area (Å²) in [5, 5.41) is 4.89. The molecule has 0 radical (unpaired) electrons. The Balaban J connectivity index is 1.09. The van der Waals surface area contributed by atoms with Crippen molar-refractivity contribution in [2.45, 2.75) is 97.4 Å². The van der Waals surface area contributed by atoms with Gasteiger partial charge in [-0.05, 0) is 151 Å². The van der Waals surface area contributed by atoms with Gasteiger partial charge in [0.1, 0.15) is 5.58 Å². The minimum atomic E-state index is -0.0881. The van der Waals surface area contributed by atoms with E-state index in [0.717, 1.165) is 34.0 Å². The monoisotopic (exact) mass is 913 g/mol. The molecule has 1 aliphatic carbocycles. The van der Waals surface area contributed by atoms with Gasteiger partial charge in [0.05, 0.1) is 21.6 Å². The highest BCUT2D eigenvalue weighted by molar-refractivity contribution is 7.26. The van der Waals surface area contributed by atoms with Crippen LogP contribution in [-0.4, -0.2) is 12.3 Å². The second-order valence-corrected chi connectivity index (χ2v) is 23.3. The predicted octanol–water partition coefficient (Wildman–Crippen LogP) is 16.0. The van der Waals surface area contributed by atoms with Crippen LogP contribution in [0, 0.1) is 20.8 Å².